The van der Waals surface area contributed by atoms with Crippen LogP contribution in [-0.4, -0.2) is 42.8 Å². The molecule has 1 fully saturated rings. The summed E-state index contributed by atoms with van der Waals surface area (Å²) in [5, 5.41) is 3.39. The van der Waals surface area contributed by atoms with E-state index in [4.69, 9.17) is 0 Å². The van der Waals surface area contributed by atoms with Crippen LogP contribution >= 0.6 is 0 Å². The Bertz CT molecular complexity index is 241. The topological polar surface area (TPSA) is 15.3 Å². The minimum absolute atomic E-state index is 0.0278. The summed E-state index contributed by atoms with van der Waals surface area (Å²) in [6, 6.07) is 0.223. The van der Waals surface area contributed by atoms with Gasteiger partial charge in [-0.3, -0.25) is 4.90 Å². The molecule has 2 atom stereocenters. The molecular formula is C13H25F3N2. The van der Waals surface area contributed by atoms with E-state index in [9.17, 15) is 13.2 Å². The van der Waals surface area contributed by atoms with Gasteiger partial charge in [0.15, 0.2) is 0 Å². The van der Waals surface area contributed by atoms with Gasteiger partial charge in [-0.15, -0.1) is 0 Å². The quantitative estimate of drug-likeness (QED) is 0.823. The Morgan fingerprint density at radius 2 is 2.00 bits per heavy atom. The Morgan fingerprint density at radius 3 is 2.50 bits per heavy atom. The summed E-state index contributed by atoms with van der Waals surface area (Å²) in [6.07, 6.45) is -1.40. The van der Waals surface area contributed by atoms with E-state index >= 15 is 0 Å². The molecule has 0 aromatic rings. The highest BCUT2D eigenvalue weighted by atomic mass is 19.4. The number of nitrogens with one attached hydrogen (secondary N) is 1. The fourth-order valence-corrected chi connectivity index (χ4v) is 2.70. The van der Waals surface area contributed by atoms with Crippen LogP contribution in [0.15, 0.2) is 0 Å². The maximum atomic E-state index is 12.6. The van der Waals surface area contributed by atoms with Crippen LogP contribution in [0, 0.1) is 5.92 Å². The number of piperazine rings is 1. The smallest absolute Gasteiger partial charge is 0.311 e. The van der Waals surface area contributed by atoms with Gasteiger partial charge in [-0.05, 0) is 18.8 Å². The monoisotopic (exact) mass is 266 g/mol. The van der Waals surface area contributed by atoms with Gasteiger partial charge < -0.3 is 5.32 Å². The second-order valence-corrected chi connectivity index (χ2v) is 5.72. The number of hydrogen-bond acceptors (Lipinski definition) is 2. The zero-order valence-corrected chi connectivity index (χ0v) is 11.6. The van der Waals surface area contributed by atoms with Crippen molar-refractivity contribution < 1.29 is 13.2 Å². The van der Waals surface area contributed by atoms with E-state index in [1.165, 1.54) is 0 Å². The van der Waals surface area contributed by atoms with E-state index in [-0.39, 0.29) is 12.1 Å². The molecule has 0 spiro atoms. The molecule has 1 N–H and O–H groups in total. The first-order chi connectivity index (χ1) is 8.31. The Kier molecular flexibility index (Phi) is 5.92. The molecule has 2 nitrogen and oxygen atoms in total. The van der Waals surface area contributed by atoms with Crippen molar-refractivity contribution in [1.82, 2.24) is 10.2 Å². The fourth-order valence-electron chi connectivity index (χ4n) is 2.70. The molecule has 18 heavy (non-hydrogen) atoms. The summed E-state index contributed by atoms with van der Waals surface area (Å²) in [7, 11) is 0. The van der Waals surface area contributed by atoms with Crippen LogP contribution in [0.1, 0.15) is 40.0 Å². The molecule has 108 valence electrons. The molecule has 5 heteroatoms. The zero-order chi connectivity index (χ0) is 13.8. The molecule has 0 saturated carbocycles. The standard InChI is InChI=1S/C13H25F3N2/c1-4-5-12-7-17-11(6-10(2)3)8-18(12)9-13(14,15)16/h10-12,17H,4-9H2,1-3H3. The highest BCUT2D eigenvalue weighted by molar-refractivity contribution is 4.87. The molecule has 0 amide bonds. The average Bonchev–Trinajstić information content (AvgIpc) is 2.19. The van der Waals surface area contributed by atoms with Gasteiger partial charge in [0.05, 0.1) is 6.54 Å². The number of rotatable bonds is 5. The summed E-state index contributed by atoms with van der Waals surface area (Å²) in [4.78, 5) is 1.62. The third-order valence-electron chi connectivity index (χ3n) is 3.37. The third-order valence-corrected chi connectivity index (χ3v) is 3.37. The van der Waals surface area contributed by atoms with Crippen molar-refractivity contribution in [2.24, 2.45) is 5.92 Å². The number of nitrogens with zero attached hydrogens (tertiary/aromatic N) is 1. The van der Waals surface area contributed by atoms with E-state index in [0.29, 0.717) is 19.0 Å². The zero-order valence-electron chi connectivity index (χ0n) is 11.6. The maximum absolute atomic E-state index is 12.6. The lowest BCUT2D eigenvalue weighted by Gasteiger charge is -2.41. The predicted molar refractivity (Wildman–Crippen MR) is 67.6 cm³/mol. The molecule has 2 unspecified atom stereocenters. The van der Waals surface area contributed by atoms with Gasteiger partial charge in [0.2, 0.25) is 0 Å². The molecule has 0 aromatic heterocycles. The maximum Gasteiger partial charge on any atom is 0.401 e. The third kappa shape index (κ3) is 5.57. The second-order valence-electron chi connectivity index (χ2n) is 5.72. The summed E-state index contributed by atoms with van der Waals surface area (Å²) in [5.41, 5.74) is 0. The Hall–Kier alpha value is -0.290. The summed E-state index contributed by atoms with van der Waals surface area (Å²) in [5.74, 6) is 0.512. The Labute approximate surface area is 108 Å². The average molecular weight is 266 g/mol. The van der Waals surface area contributed by atoms with Crippen LogP contribution in [-0.2, 0) is 0 Å². The summed E-state index contributed by atoms with van der Waals surface area (Å²) < 4.78 is 37.7. The molecular weight excluding hydrogens is 241 g/mol. The predicted octanol–water partition coefficient (Wildman–Crippen LogP) is 3.04. The molecule has 1 aliphatic heterocycles. The van der Waals surface area contributed by atoms with E-state index in [1.807, 2.05) is 6.92 Å². The minimum Gasteiger partial charge on any atom is -0.311 e. The highest BCUT2D eigenvalue weighted by Gasteiger charge is 2.36. The summed E-state index contributed by atoms with van der Waals surface area (Å²) >= 11 is 0. The molecule has 1 rings (SSSR count). The van der Waals surface area contributed by atoms with Crippen molar-refractivity contribution in [3.05, 3.63) is 0 Å². The van der Waals surface area contributed by atoms with Gasteiger partial charge in [-0.25, -0.2) is 0 Å². The van der Waals surface area contributed by atoms with Gasteiger partial charge in [0.1, 0.15) is 0 Å². The molecule has 0 aliphatic carbocycles. The van der Waals surface area contributed by atoms with Gasteiger partial charge in [-0.2, -0.15) is 13.2 Å². The first-order valence-corrected chi connectivity index (χ1v) is 6.86. The van der Waals surface area contributed by atoms with E-state index in [1.54, 1.807) is 4.90 Å². The minimum atomic E-state index is -4.09. The van der Waals surface area contributed by atoms with E-state index in [0.717, 1.165) is 19.3 Å². The van der Waals surface area contributed by atoms with Crippen LogP contribution in [0.25, 0.3) is 0 Å². The SMILES string of the molecule is CCCC1CNC(CC(C)C)CN1CC(F)(F)F. The van der Waals surface area contributed by atoms with Crippen molar-refractivity contribution >= 4 is 0 Å². The van der Waals surface area contributed by atoms with Gasteiger partial charge >= 0.3 is 6.18 Å². The first kappa shape index (κ1) is 15.8. The fraction of sp³-hybridized carbons (Fsp3) is 1.00. The van der Waals surface area contributed by atoms with Crippen molar-refractivity contribution in [1.29, 1.82) is 0 Å². The van der Waals surface area contributed by atoms with Gasteiger partial charge in [0.25, 0.3) is 0 Å². The van der Waals surface area contributed by atoms with Crippen LogP contribution < -0.4 is 5.32 Å². The van der Waals surface area contributed by atoms with Crippen LogP contribution in [0.5, 0.6) is 0 Å². The largest absolute Gasteiger partial charge is 0.401 e. The Morgan fingerprint density at radius 1 is 1.33 bits per heavy atom. The normalized spacial score (nSPS) is 26.8. The molecule has 1 aliphatic rings. The summed E-state index contributed by atoms with van der Waals surface area (Å²) in [6.45, 7) is 6.66. The number of hydrogen-bond donors (Lipinski definition) is 1. The van der Waals surface area contributed by atoms with Crippen LogP contribution in [0.4, 0.5) is 13.2 Å². The van der Waals surface area contributed by atoms with Crippen molar-refractivity contribution in [3.63, 3.8) is 0 Å². The lowest BCUT2D eigenvalue weighted by Crippen LogP contribution is -2.58. The van der Waals surface area contributed by atoms with E-state index in [2.05, 4.69) is 19.2 Å². The Balaban J connectivity index is 2.58. The lowest BCUT2D eigenvalue weighted by atomic mass is 9.98. The van der Waals surface area contributed by atoms with E-state index < -0.39 is 12.7 Å². The second kappa shape index (κ2) is 6.75. The molecule has 0 radical (unpaired) electrons. The number of alkyl halides is 3. The van der Waals surface area contributed by atoms with Crippen molar-refractivity contribution in [2.45, 2.75) is 58.3 Å². The molecule has 1 heterocycles. The van der Waals surface area contributed by atoms with Crippen molar-refractivity contribution in [3.8, 4) is 0 Å². The van der Waals surface area contributed by atoms with Gasteiger partial charge in [0, 0.05) is 25.2 Å². The first-order valence-electron chi connectivity index (χ1n) is 6.86. The van der Waals surface area contributed by atoms with Crippen LogP contribution in [0.3, 0.4) is 0 Å². The van der Waals surface area contributed by atoms with Crippen LogP contribution in [0.2, 0.25) is 0 Å². The van der Waals surface area contributed by atoms with Gasteiger partial charge in [-0.1, -0.05) is 27.2 Å². The molecule has 0 bridgehead atoms. The molecule has 0 aromatic carbocycles. The number of halogens is 3. The highest BCUT2D eigenvalue weighted by Crippen LogP contribution is 2.22. The van der Waals surface area contributed by atoms with Crippen molar-refractivity contribution in [2.75, 3.05) is 19.6 Å². The lowest BCUT2D eigenvalue weighted by molar-refractivity contribution is -0.154. The molecule has 1 saturated heterocycles.